The molecule has 0 aliphatic rings. The Morgan fingerprint density at radius 3 is 2.35 bits per heavy atom. The van der Waals surface area contributed by atoms with Gasteiger partial charge in [-0.2, -0.15) is 0 Å². The third kappa shape index (κ3) is 3.25. The van der Waals surface area contributed by atoms with Crippen molar-refractivity contribution in [3.05, 3.63) is 78.4 Å². The number of esters is 1. The van der Waals surface area contributed by atoms with Gasteiger partial charge >= 0.3 is 5.97 Å². The zero-order chi connectivity index (χ0) is 16.2. The molecule has 3 nitrogen and oxygen atoms in total. The van der Waals surface area contributed by atoms with Gasteiger partial charge in [0.05, 0.1) is 12.0 Å². The molecular formula is C20H18O3. The van der Waals surface area contributed by atoms with E-state index in [0.29, 0.717) is 5.75 Å². The lowest BCUT2D eigenvalue weighted by molar-refractivity contribution is -0.142. The van der Waals surface area contributed by atoms with Crippen LogP contribution in [0.5, 0.6) is 5.75 Å². The third-order valence-electron chi connectivity index (χ3n) is 3.95. The Morgan fingerprint density at radius 2 is 1.57 bits per heavy atom. The van der Waals surface area contributed by atoms with Crippen molar-refractivity contribution in [1.82, 2.24) is 0 Å². The lowest BCUT2D eigenvalue weighted by Gasteiger charge is -2.19. The number of aliphatic hydroxyl groups is 1. The summed E-state index contributed by atoms with van der Waals surface area (Å²) in [5.41, 5.74) is 0.737. The Kier molecular flexibility index (Phi) is 4.40. The second kappa shape index (κ2) is 6.63. The summed E-state index contributed by atoms with van der Waals surface area (Å²) < 4.78 is 5.33. The van der Waals surface area contributed by atoms with Crippen LogP contribution in [0.25, 0.3) is 10.8 Å². The number of ether oxygens (including phenoxy) is 1. The van der Waals surface area contributed by atoms with E-state index in [1.54, 1.807) is 31.2 Å². The maximum absolute atomic E-state index is 12.3. The van der Waals surface area contributed by atoms with Crippen LogP contribution in [0.15, 0.2) is 72.8 Å². The molecule has 0 heterocycles. The van der Waals surface area contributed by atoms with Crippen LogP contribution in [0.4, 0.5) is 0 Å². The highest BCUT2D eigenvalue weighted by Gasteiger charge is 2.26. The average Bonchev–Trinajstić information content (AvgIpc) is 2.60. The summed E-state index contributed by atoms with van der Waals surface area (Å²) >= 11 is 0. The first-order chi connectivity index (χ1) is 11.2. The van der Waals surface area contributed by atoms with Gasteiger partial charge in [-0.05, 0) is 35.4 Å². The van der Waals surface area contributed by atoms with Gasteiger partial charge in [0, 0.05) is 0 Å². The van der Waals surface area contributed by atoms with Gasteiger partial charge in [-0.1, -0.05) is 60.7 Å². The fraction of sp³-hybridized carbons (Fsp3) is 0.150. The molecule has 0 aliphatic carbocycles. The molecular weight excluding hydrogens is 288 g/mol. The minimum atomic E-state index is -0.919. The number of benzene rings is 3. The number of para-hydroxylation sites is 1. The predicted octanol–water partition coefficient (Wildman–Crippen LogP) is 4.11. The predicted molar refractivity (Wildman–Crippen MR) is 90.1 cm³/mol. The summed E-state index contributed by atoms with van der Waals surface area (Å²) in [6, 6.07) is 22.4. The zero-order valence-electron chi connectivity index (χ0n) is 12.8. The van der Waals surface area contributed by atoms with Crippen molar-refractivity contribution in [2.24, 2.45) is 5.92 Å². The first-order valence-electron chi connectivity index (χ1n) is 7.59. The molecule has 3 rings (SSSR count). The van der Waals surface area contributed by atoms with Gasteiger partial charge in [-0.3, -0.25) is 4.79 Å². The molecule has 3 heteroatoms. The zero-order valence-corrected chi connectivity index (χ0v) is 12.8. The van der Waals surface area contributed by atoms with Gasteiger partial charge in [-0.15, -0.1) is 0 Å². The summed E-state index contributed by atoms with van der Waals surface area (Å²) in [6.45, 7) is 1.68. The summed E-state index contributed by atoms with van der Waals surface area (Å²) in [4.78, 5) is 12.3. The van der Waals surface area contributed by atoms with E-state index in [1.165, 1.54) is 0 Å². The van der Waals surface area contributed by atoms with Crippen molar-refractivity contribution in [2.45, 2.75) is 13.0 Å². The average molecular weight is 306 g/mol. The molecule has 0 aliphatic heterocycles. The minimum absolute atomic E-state index is 0.448. The highest BCUT2D eigenvalue weighted by Crippen LogP contribution is 2.29. The van der Waals surface area contributed by atoms with Crippen molar-refractivity contribution in [3.8, 4) is 5.75 Å². The molecule has 3 aromatic rings. The number of carbonyl (C=O) groups is 1. The molecule has 0 fully saturated rings. The van der Waals surface area contributed by atoms with E-state index in [0.717, 1.165) is 16.3 Å². The molecule has 0 aromatic heterocycles. The maximum Gasteiger partial charge on any atom is 0.317 e. The Morgan fingerprint density at radius 1 is 0.913 bits per heavy atom. The molecule has 116 valence electrons. The second-order valence-corrected chi connectivity index (χ2v) is 5.54. The van der Waals surface area contributed by atoms with E-state index in [4.69, 9.17) is 4.74 Å². The highest BCUT2D eigenvalue weighted by atomic mass is 16.5. The molecule has 1 N–H and O–H groups in total. The number of carbonyl (C=O) groups excluding carboxylic acids is 1. The van der Waals surface area contributed by atoms with Crippen molar-refractivity contribution in [2.75, 3.05) is 0 Å². The van der Waals surface area contributed by atoms with Crippen molar-refractivity contribution < 1.29 is 14.6 Å². The Hall–Kier alpha value is -2.65. The van der Waals surface area contributed by atoms with Gasteiger partial charge in [-0.25, -0.2) is 0 Å². The van der Waals surface area contributed by atoms with Crippen LogP contribution in [-0.2, 0) is 4.79 Å². The topological polar surface area (TPSA) is 46.5 Å². The van der Waals surface area contributed by atoms with E-state index in [2.05, 4.69) is 0 Å². The standard InChI is InChI=1S/C20H18O3/c1-14(20(22)23-16-10-3-2-4-11-16)19(21)18-13-7-9-15-8-5-6-12-17(15)18/h2-14,19,21H,1H3/t14-,19-/m1/s1. The number of rotatable bonds is 4. The third-order valence-corrected chi connectivity index (χ3v) is 3.95. The number of aliphatic hydroxyl groups excluding tert-OH is 1. The van der Waals surface area contributed by atoms with E-state index < -0.39 is 18.0 Å². The van der Waals surface area contributed by atoms with Gasteiger partial charge < -0.3 is 9.84 Å². The fourth-order valence-electron chi connectivity index (χ4n) is 2.60. The quantitative estimate of drug-likeness (QED) is 0.583. The van der Waals surface area contributed by atoms with Crippen molar-refractivity contribution in [3.63, 3.8) is 0 Å². The molecule has 0 bridgehead atoms. The van der Waals surface area contributed by atoms with Crippen LogP contribution in [0.1, 0.15) is 18.6 Å². The lowest BCUT2D eigenvalue weighted by Crippen LogP contribution is -2.24. The van der Waals surface area contributed by atoms with Crippen LogP contribution in [0.2, 0.25) is 0 Å². The molecule has 0 unspecified atom stereocenters. The first kappa shape index (κ1) is 15.3. The molecule has 23 heavy (non-hydrogen) atoms. The van der Waals surface area contributed by atoms with Crippen LogP contribution in [-0.4, -0.2) is 11.1 Å². The van der Waals surface area contributed by atoms with Crippen molar-refractivity contribution >= 4 is 16.7 Å². The van der Waals surface area contributed by atoms with Crippen LogP contribution in [0, 0.1) is 5.92 Å². The summed E-state index contributed by atoms with van der Waals surface area (Å²) in [5.74, 6) is -0.632. The molecule has 2 atom stereocenters. The molecule has 3 aromatic carbocycles. The Bertz CT molecular complexity index is 806. The van der Waals surface area contributed by atoms with Crippen molar-refractivity contribution in [1.29, 1.82) is 0 Å². The Labute approximate surface area is 135 Å². The first-order valence-corrected chi connectivity index (χ1v) is 7.59. The molecule has 0 saturated carbocycles. The molecule has 0 saturated heterocycles. The van der Waals surface area contributed by atoms with Crippen LogP contribution in [0.3, 0.4) is 0 Å². The van der Waals surface area contributed by atoms with E-state index >= 15 is 0 Å². The number of fused-ring (bicyclic) bond motifs is 1. The molecule has 0 amide bonds. The molecule has 0 spiro atoms. The normalized spacial score (nSPS) is 13.5. The largest absolute Gasteiger partial charge is 0.426 e. The SMILES string of the molecule is C[C@@H](C(=O)Oc1ccccc1)[C@@H](O)c1cccc2ccccc12. The monoisotopic (exact) mass is 306 g/mol. The van der Waals surface area contributed by atoms with Crippen LogP contribution < -0.4 is 4.74 Å². The highest BCUT2D eigenvalue weighted by molar-refractivity contribution is 5.87. The van der Waals surface area contributed by atoms with E-state index in [1.807, 2.05) is 48.5 Å². The van der Waals surface area contributed by atoms with Gasteiger partial charge in [0.2, 0.25) is 0 Å². The summed E-state index contributed by atoms with van der Waals surface area (Å²) in [7, 11) is 0. The summed E-state index contributed by atoms with van der Waals surface area (Å²) in [5, 5.41) is 12.6. The van der Waals surface area contributed by atoms with E-state index in [9.17, 15) is 9.90 Å². The van der Waals surface area contributed by atoms with E-state index in [-0.39, 0.29) is 0 Å². The van der Waals surface area contributed by atoms with Crippen LogP contribution >= 0.6 is 0 Å². The number of hydrogen-bond acceptors (Lipinski definition) is 3. The second-order valence-electron chi connectivity index (χ2n) is 5.54. The molecule has 0 radical (unpaired) electrons. The minimum Gasteiger partial charge on any atom is -0.426 e. The van der Waals surface area contributed by atoms with Gasteiger partial charge in [0.1, 0.15) is 5.75 Å². The lowest BCUT2D eigenvalue weighted by atomic mass is 9.93. The smallest absolute Gasteiger partial charge is 0.317 e. The number of hydrogen-bond donors (Lipinski definition) is 1. The summed E-state index contributed by atoms with van der Waals surface area (Å²) in [6.07, 6.45) is -0.919. The van der Waals surface area contributed by atoms with Gasteiger partial charge in [0.25, 0.3) is 0 Å². The van der Waals surface area contributed by atoms with Gasteiger partial charge in [0.15, 0.2) is 0 Å². The maximum atomic E-state index is 12.3. The Balaban J connectivity index is 1.83. The fourth-order valence-corrected chi connectivity index (χ4v) is 2.60.